The summed E-state index contributed by atoms with van der Waals surface area (Å²) in [5.41, 5.74) is 0. The lowest BCUT2D eigenvalue weighted by molar-refractivity contribution is -0.126. The van der Waals surface area contributed by atoms with Crippen LogP contribution in [0.2, 0.25) is 0 Å². The summed E-state index contributed by atoms with van der Waals surface area (Å²) in [6.07, 6.45) is 7.88. The number of nitrogens with zero attached hydrogens (tertiary/aromatic N) is 1. The van der Waals surface area contributed by atoms with E-state index >= 15 is 0 Å². The first-order valence-electron chi connectivity index (χ1n) is 8.70. The van der Waals surface area contributed by atoms with Crippen LogP contribution in [0.1, 0.15) is 51.9 Å². The number of Topliss-reactive ketones (excluding diaryl/α,β-unsaturated/α-hetero) is 1. The van der Waals surface area contributed by atoms with Gasteiger partial charge in [0.25, 0.3) is 0 Å². The molecule has 2 rings (SSSR count). The molecule has 2 atom stereocenters. The van der Waals surface area contributed by atoms with Crippen LogP contribution in [0.4, 0.5) is 0 Å². The summed E-state index contributed by atoms with van der Waals surface area (Å²) in [4.78, 5) is 14.6. The van der Waals surface area contributed by atoms with Gasteiger partial charge in [0.15, 0.2) is 0 Å². The average molecular weight is 297 g/mol. The van der Waals surface area contributed by atoms with Gasteiger partial charge < -0.3 is 14.7 Å². The number of carbonyl (C=O) groups excluding carboxylic acids is 1. The lowest BCUT2D eigenvalue weighted by atomic mass is 9.78. The fraction of sp³-hybridized carbons (Fsp3) is 0.941. The molecule has 1 N–H and O–H groups in total. The SMILES string of the molecule is CCCC1CCC(=O)C(CN2CCC(OCCO)CC2)C1. The van der Waals surface area contributed by atoms with Gasteiger partial charge in [-0.15, -0.1) is 0 Å². The molecule has 1 aliphatic carbocycles. The maximum absolute atomic E-state index is 12.1. The zero-order valence-electron chi connectivity index (χ0n) is 13.4. The fourth-order valence-corrected chi connectivity index (χ4v) is 3.84. The van der Waals surface area contributed by atoms with Crippen LogP contribution in [-0.4, -0.2) is 54.7 Å². The van der Waals surface area contributed by atoms with Crippen molar-refractivity contribution in [1.29, 1.82) is 0 Å². The largest absolute Gasteiger partial charge is 0.394 e. The summed E-state index contributed by atoms with van der Waals surface area (Å²) in [6, 6.07) is 0. The van der Waals surface area contributed by atoms with Crippen molar-refractivity contribution in [3.63, 3.8) is 0 Å². The highest BCUT2D eigenvalue weighted by Gasteiger charge is 2.30. The minimum atomic E-state index is 0.107. The van der Waals surface area contributed by atoms with Gasteiger partial charge in [0.2, 0.25) is 0 Å². The Morgan fingerprint density at radius 3 is 2.71 bits per heavy atom. The molecule has 0 radical (unpaired) electrons. The number of likely N-dealkylation sites (tertiary alicyclic amines) is 1. The number of carbonyl (C=O) groups is 1. The summed E-state index contributed by atoms with van der Waals surface area (Å²) >= 11 is 0. The van der Waals surface area contributed by atoms with E-state index in [1.807, 2.05) is 0 Å². The predicted octanol–water partition coefficient (Wildman–Crippen LogP) is 2.25. The maximum Gasteiger partial charge on any atom is 0.137 e. The van der Waals surface area contributed by atoms with Crippen LogP contribution in [-0.2, 0) is 9.53 Å². The zero-order valence-corrected chi connectivity index (χ0v) is 13.4. The minimum absolute atomic E-state index is 0.107. The smallest absolute Gasteiger partial charge is 0.137 e. The summed E-state index contributed by atoms with van der Waals surface area (Å²) in [5.74, 6) is 1.52. The van der Waals surface area contributed by atoms with Gasteiger partial charge in [0.1, 0.15) is 5.78 Å². The standard InChI is InChI=1S/C17H31NO3/c1-2-3-14-4-5-17(20)15(12-14)13-18-8-6-16(7-9-18)21-11-10-19/h14-16,19H,2-13H2,1H3. The van der Waals surface area contributed by atoms with Crippen molar-refractivity contribution in [2.45, 2.75) is 58.0 Å². The topological polar surface area (TPSA) is 49.8 Å². The molecule has 2 aliphatic rings. The molecule has 1 saturated heterocycles. The Hall–Kier alpha value is -0.450. The molecule has 1 heterocycles. The monoisotopic (exact) mass is 297 g/mol. The third-order valence-electron chi connectivity index (χ3n) is 5.03. The van der Waals surface area contributed by atoms with E-state index in [1.54, 1.807) is 0 Å². The maximum atomic E-state index is 12.1. The van der Waals surface area contributed by atoms with Crippen LogP contribution in [0.3, 0.4) is 0 Å². The van der Waals surface area contributed by atoms with Gasteiger partial charge in [0, 0.05) is 32.0 Å². The van der Waals surface area contributed by atoms with Gasteiger partial charge >= 0.3 is 0 Å². The van der Waals surface area contributed by atoms with Gasteiger partial charge in [0.05, 0.1) is 19.3 Å². The Morgan fingerprint density at radius 1 is 1.29 bits per heavy atom. The second kappa shape index (κ2) is 8.86. The molecule has 4 heteroatoms. The van der Waals surface area contributed by atoms with Crippen molar-refractivity contribution in [3.8, 4) is 0 Å². The first-order chi connectivity index (χ1) is 10.2. The Labute approximate surface area is 128 Å². The van der Waals surface area contributed by atoms with E-state index in [9.17, 15) is 4.79 Å². The fourth-order valence-electron chi connectivity index (χ4n) is 3.84. The number of ether oxygens (including phenoxy) is 1. The van der Waals surface area contributed by atoms with Gasteiger partial charge in [-0.05, 0) is 31.6 Å². The van der Waals surface area contributed by atoms with Crippen molar-refractivity contribution in [2.24, 2.45) is 11.8 Å². The van der Waals surface area contributed by atoms with Gasteiger partial charge in [-0.1, -0.05) is 19.8 Å². The van der Waals surface area contributed by atoms with E-state index in [0.717, 1.165) is 57.7 Å². The Kier molecular flexibility index (Phi) is 7.14. The normalized spacial score (nSPS) is 29.0. The molecule has 122 valence electrons. The van der Waals surface area contributed by atoms with Crippen molar-refractivity contribution in [2.75, 3.05) is 32.8 Å². The van der Waals surface area contributed by atoms with Crippen LogP contribution in [0.15, 0.2) is 0 Å². The van der Waals surface area contributed by atoms with E-state index in [4.69, 9.17) is 9.84 Å². The number of rotatable bonds is 7. The third-order valence-corrected chi connectivity index (χ3v) is 5.03. The molecule has 1 aliphatic heterocycles. The van der Waals surface area contributed by atoms with Crippen LogP contribution >= 0.6 is 0 Å². The first kappa shape index (κ1) is 16.9. The van der Waals surface area contributed by atoms with Crippen molar-refractivity contribution in [3.05, 3.63) is 0 Å². The minimum Gasteiger partial charge on any atom is -0.394 e. The summed E-state index contributed by atoms with van der Waals surface area (Å²) in [5, 5.41) is 8.79. The lowest BCUT2D eigenvalue weighted by Gasteiger charge is -2.36. The molecular weight excluding hydrogens is 266 g/mol. The predicted molar refractivity (Wildman–Crippen MR) is 83.2 cm³/mol. The Bertz CT molecular complexity index is 313. The highest BCUT2D eigenvalue weighted by atomic mass is 16.5. The van der Waals surface area contributed by atoms with Crippen LogP contribution in [0, 0.1) is 11.8 Å². The molecule has 21 heavy (non-hydrogen) atoms. The highest BCUT2D eigenvalue weighted by Crippen LogP contribution is 2.30. The Morgan fingerprint density at radius 2 is 2.05 bits per heavy atom. The highest BCUT2D eigenvalue weighted by molar-refractivity contribution is 5.81. The molecule has 2 unspecified atom stereocenters. The molecule has 0 aromatic heterocycles. The molecule has 0 aromatic rings. The molecule has 0 amide bonds. The summed E-state index contributed by atoms with van der Waals surface area (Å²) in [6.45, 7) is 5.80. The number of hydrogen-bond donors (Lipinski definition) is 1. The van der Waals surface area contributed by atoms with E-state index in [0.29, 0.717) is 18.5 Å². The van der Waals surface area contributed by atoms with E-state index in [1.165, 1.54) is 12.8 Å². The lowest BCUT2D eigenvalue weighted by Crippen LogP contribution is -2.42. The van der Waals surface area contributed by atoms with Gasteiger partial charge in [-0.2, -0.15) is 0 Å². The van der Waals surface area contributed by atoms with Crippen LogP contribution in [0.25, 0.3) is 0 Å². The average Bonchev–Trinajstić information content (AvgIpc) is 2.50. The molecule has 0 aromatic carbocycles. The molecule has 0 spiro atoms. The molecular formula is C17H31NO3. The van der Waals surface area contributed by atoms with Gasteiger partial charge in [-0.25, -0.2) is 0 Å². The van der Waals surface area contributed by atoms with Crippen LogP contribution in [0.5, 0.6) is 0 Å². The second-order valence-electron chi connectivity index (χ2n) is 6.69. The first-order valence-corrected chi connectivity index (χ1v) is 8.70. The van der Waals surface area contributed by atoms with Crippen molar-refractivity contribution < 1.29 is 14.6 Å². The van der Waals surface area contributed by atoms with E-state index in [2.05, 4.69) is 11.8 Å². The van der Waals surface area contributed by atoms with E-state index < -0.39 is 0 Å². The number of piperidine rings is 1. The van der Waals surface area contributed by atoms with E-state index in [-0.39, 0.29) is 12.5 Å². The summed E-state index contributed by atoms with van der Waals surface area (Å²) < 4.78 is 5.60. The number of aliphatic hydroxyl groups is 1. The summed E-state index contributed by atoms with van der Waals surface area (Å²) in [7, 11) is 0. The Balaban J connectivity index is 1.72. The molecule has 1 saturated carbocycles. The van der Waals surface area contributed by atoms with Crippen molar-refractivity contribution in [1.82, 2.24) is 4.90 Å². The quantitative estimate of drug-likeness (QED) is 0.783. The second-order valence-corrected chi connectivity index (χ2v) is 6.69. The van der Waals surface area contributed by atoms with Gasteiger partial charge in [-0.3, -0.25) is 4.79 Å². The third kappa shape index (κ3) is 5.35. The number of aliphatic hydroxyl groups excluding tert-OH is 1. The number of ketones is 1. The zero-order chi connectivity index (χ0) is 15.1. The number of hydrogen-bond acceptors (Lipinski definition) is 4. The molecule has 4 nitrogen and oxygen atoms in total. The van der Waals surface area contributed by atoms with Crippen molar-refractivity contribution >= 4 is 5.78 Å². The molecule has 0 bridgehead atoms. The van der Waals surface area contributed by atoms with Crippen LogP contribution < -0.4 is 0 Å². The molecule has 2 fully saturated rings.